The third kappa shape index (κ3) is 4.07. The second-order valence-electron chi connectivity index (χ2n) is 5.77. The van der Waals surface area contributed by atoms with E-state index in [0.717, 1.165) is 24.6 Å². The molecule has 7 heteroatoms. The predicted molar refractivity (Wildman–Crippen MR) is 98.6 cm³/mol. The monoisotopic (exact) mass is 424 g/mol. The number of nitrogens with zero attached hydrogens (tertiary/aromatic N) is 2. The van der Waals surface area contributed by atoms with Crippen LogP contribution in [0.5, 0.6) is 0 Å². The molecule has 0 aliphatic heterocycles. The van der Waals surface area contributed by atoms with Gasteiger partial charge in [-0.1, -0.05) is 13.8 Å². The first-order valence-electron chi connectivity index (χ1n) is 6.88. The highest BCUT2D eigenvalue weighted by atomic mass is 127. The third-order valence-electron chi connectivity index (χ3n) is 4.26. The van der Waals surface area contributed by atoms with Crippen LogP contribution in [0.4, 0.5) is 0 Å². The normalized spacial score (nSPS) is 24.0. The summed E-state index contributed by atoms with van der Waals surface area (Å²) in [4.78, 5) is 9.79. The Bertz CT molecular complexity index is 489. The second kappa shape index (κ2) is 7.73. The van der Waals surface area contributed by atoms with Crippen LogP contribution in [0.2, 0.25) is 0 Å². The molecule has 2 atom stereocenters. The topological polar surface area (TPSA) is 58.5 Å². The maximum atomic E-state index is 5.47. The van der Waals surface area contributed by atoms with Crippen LogP contribution in [0.3, 0.4) is 0 Å². The van der Waals surface area contributed by atoms with Gasteiger partial charge in [0.2, 0.25) is 0 Å². The molecule has 0 spiro atoms. The number of aryl methyl sites for hydroxylation is 1. The minimum Gasteiger partial charge on any atom is -0.381 e. The maximum absolute atomic E-state index is 5.47. The molecular weight excluding hydrogens is 399 g/mol. The van der Waals surface area contributed by atoms with Crippen LogP contribution in [-0.2, 0) is 11.3 Å². The summed E-state index contributed by atoms with van der Waals surface area (Å²) in [6.45, 7) is 7.24. The van der Waals surface area contributed by atoms with E-state index in [-0.39, 0.29) is 29.4 Å². The van der Waals surface area contributed by atoms with Gasteiger partial charge in [0, 0.05) is 30.5 Å². The number of halogens is 1. The van der Waals surface area contributed by atoms with Crippen molar-refractivity contribution in [2.45, 2.75) is 45.9 Å². The van der Waals surface area contributed by atoms with Crippen LogP contribution >= 0.6 is 35.3 Å². The van der Waals surface area contributed by atoms with Gasteiger partial charge in [-0.05, 0) is 13.3 Å². The van der Waals surface area contributed by atoms with Crippen LogP contribution in [-0.4, -0.2) is 37.2 Å². The number of hydrogen-bond acceptors (Lipinski definition) is 4. The van der Waals surface area contributed by atoms with Crippen molar-refractivity contribution in [3.05, 3.63) is 16.1 Å². The molecule has 1 aliphatic carbocycles. The van der Waals surface area contributed by atoms with Crippen molar-refractivity contribution < 1.29 is 4.74 Å². The second-order valence-corrected chi connectivity index (χ2v) is 6.70. The summed E-state index contributed by atoms with van der Waals surface area (Å²) < 4.78 is 5.47. The largest absolute Gasteiger partial charge is 0.381 e. The van der Waals surface area contributed by atoms with E-state index in [1.54, 1.807) is 25.5 Å². The molecule has 1 fully saturated rings. The van der Waals surface area contributed by atoms with E-state index in [4.69, 9.17) is 4.74 Å². The molecule has 0 saturated heterocycles. The van der Waals surface area contributed by atoms with Gasteiger partial charge in [-0.15, -0.1) is 35.3 Å². The molecule has 2 N–H and O–H groups in total. The Kier molecular flexibility index (Phi) is 6.86. The number of aromatic nitrogens is 1. The van der Waals surface area contributed by atoms with Crippen LogP contribution in [0.15, 0.2) is 10.5 Å². The number of guanidine groups is 1. The third-order valence-corrected chi connectivity index (χ3v) is 5.19. The van der Waals surface area contributed by atoms with Crippen molar-refractivity contribution in [2.75, 3.05) is 14.2 Å². The molecule has 21 heavy (non-hydrogen) atoms. The standard InChI is InChI=1S/C14H24N4OS.HI/c1-9-10(20-8-17-9)7-16-13(15-4)18-11-6-12(19-5)14(11,2)3;/h8,11-12H,6-7H2,1-5H3,(H2,15,16,18);1H. The fraction of sp³-hybridized carbons (Fsp3) is 0.714. The van der Waals surface area contributed by atoms with Crippen molar-refractivity contribution in [2.24, 2.45) is 10.4 Å². The number of hydrogen-bond donors (Lipinski definition) is 2. The summed E-state index contributed by atoms with van der Waals surface area (Å²) in [6, 6.07) is 0.390. The zero-order chi connectivity index (χ0) is 14.8. The highest BCUT2D eigenvalue weighted by molar-refractivity contribution is 14.0. The predicted octanol–water partition coefficient (Wildman–Crippen LogP) is 2.55. The SMILES string of the molecule is CN=C(NCc1scnc1C)NC1CC(OC)C1(C)C.I. The van der Waals surface area contributed by atoms with E-state index in [1.165, 1.54) is 4.88 Å². The summed E-state index contributed by atoms with van der Waals surface area (Å²) in [6.07, 6.45) is 1.34. The summed E-state index contributed by atoms with van der Waals surface area (Å²) in [7, 11) is 3.58. The van der Waals surface area contributed by atoms with Gasteiger partial charge in [-0.2, -0.15) is 0 Å². The Labute approximate surface area is 148 Å². The fourth-order valence-electron chi connectivity index (χ4n) is 2.55. The summed E-state index contributed by atoms with van der Waals surface area (Å²) in [5, 5.41) is 6.83. The van der Waals surface area contributed by atoms with E-state index >= 15 is 0 Å². The van der Waals surface area contributed by atoms with Crippen molar-refractivity contribution in [1.29, 1.82) is 0 Å². The molecule has 0 aromatic carbocycles. The zero-order valence-corrected chi connectivity index (χ0v) is 16.4. The van der Waals surface area contributed by atoms with Gasteiger partial charge in [0.05, 0.1) is 23.9 Å². The van der Waals surface area contributed by atoms with E-state index in [0.29, 0.717) is 12.1 Å². The first-order valence-corrected chi connectivity index (χ1v) is 7.76. The quantitative estimate of drug-likeness (QED) is 0.443. The number of rotatable bonds is 4. The van der Waals surface area contributed by atoms with Crippen LogP contribution in [0.1, 0.15) is 30.8 Å². The lowest BCUT2D eigenvalue weighted by Gasteiger charge is -2.51. The highest BCUT2D eigenvalue weighted by Crippen LogP contribution is 2.42. The average molecular weight is 424 g/mol. The molecule has 120 valence electrons. The molecule has 1 aromatic rings. The lowest BCUT2D eigenvalue weighted by molar-refractivity contribution is -0.0922. The molecule has 0 bridgehead atoms. The Morgan fingerprint density at radius 3 is 2.76 bits per heavy atom. The fourth-order valence-corrected chi connectivity index (χ4v) is 3.27. The molecular formula is C14H25IN4OS. The van der Waals surface area contributed by atoms with Gasteiger partial charge in [-0.25, -0.2) is 4.98 Å². The van der Waals surface area contributed by atoms with Gasteiger partial charge in [0.25, 0.3) is 0 Å². The number of nitrogens with one attached hydrogen (secondary N) is 2. The van der Waals surface area contributed by atoms with Gasteiger partial charge in [-0.3, -0.25) is 4.99 Å². The molecule has 2 unspecified atom stereocenters. The van der Waals surface area contributed by atoms with Gasteiger partial charge in [0.1, 0.15) is 0 Å². The molecule has 1 aliphatic rings. The summed E-state index contributed by atoms with van der Waals surface area (Å²) >= 11 is 1.67. The highest BCUT2D eigenvalue weighted by Gasteiger charge is 2.48. The molecule has 0 radical (unpaired) electrons. The lowest BCUT2D eigenvalue weighted by atomic mass is 9.64. The Morgan fingerprint density at radius 1 is 1.57 bits per heavy atom. The number of ether oxygens (including phenoxy) is 1. The minimum absolute atomic E-state index is 0. The average Bonchev–Trinajstić information content (AvgIpc) is 2.83. The molecule has 2 rings (SSSR count). The smallest absolute Gasteiger partial charge is 0.191 e. The van der Waals surface area contributed by atoms with Crippen molar-refractivity contribution >= 4 is 41.3 Å². The Hall–Kier alpha value is -0.410. The van der Waals surface area contributed by atoms with E-state index in [1.807, 2.05) is 12.4 Å². The Morgan fingerprint density at radius 2 is 2.29 bits per heavy atom. The Balaban J connectivity index is 0.00000220. The van der Waals surface area contributed by atoms with E-state index in [2.05, 4.69) is 34.5 Å². The summed E-state index contributed by atoms with van der Waals surface area (Å²) in [5.74, 6) is 0.838. The zero-order valence-electron chi connectivity index (χ0n) is 13.3. The van der Waals surface area contributed by atoms with Crippen molar-refractivity contribution in [3.8, 4) is 0 Å². The number of thiazole rings is 1. The van der Waals surface area contributed by atoms with Crippen molar-refractivity contribution in [3.63, 3.8) is 0 Å². The van der Waals surface area contributed by atoms with Crippen LogP contribution in [0.25, 0.3) is 0 Å². The molecule has 1 saturated carbocycles. The van der Waals surface area contributed by atoms with E-state index < -0.39 is 0 Å². The van der Waals surface area contributed by atoms with Gasteiger partial charge >= 0.3 is 0 Å². The van der Waals surface area contributed by atoms with Crippen LogP contribution < -0.4 is 10.6 Å². The molecule has 1 aromatic heterocycles. The van der Waals surface area contributed by atoms with Gasteiger partial charge in [0.15, 0.2) is 5.96 Å². The lowest BCUT2D eigenvalue weighted by Crippen LogP contribution is -2.63. The van der Waals surface area contributed by atoms with E-state index in [9.17, 15) is 0 Å². The van der Waals surface area contributed by atoms with Gasteiger partial charge < -0.3 is 15.4 Å². The first-order chi connectivity index (χ1) is 9.48. The number of methoxy groups -OCH3 is 1. The minimum atomic E-state index is 0. The maximum Gasteiger partial charge on any atom is 0.191 e. The van der Waals surface area contributed by atoms with Crippen molar-refractivity contribution in [1.82, 2.24) is 15.6 Å². The van der Waals surface area contributed by atoms with Crippen LogP contribution in [0, 0.1) is 12.3 Å². The molecule has 1 heterocycles. The first kappa shape index (κ1) is 18.6. The molecule has 5 nitrogen and oxygen atoms in total. The molecule has 0 amide bonds. The number of aliphatic imine (C=N–C) groups is 1. The summed E-state index contributed by atoms with van der Waals surface area (Å²) in [5.41, 5.74) is 3.09.